The molecule has 0 aliphatic carbocycles. The zero-order valence-corrected chi connectivity index (χ0v) is 17.1. The van der Waals surface area contributed by atoms with Crippen LogP contribution >= 0.6 is 0 Å². The maximum atomic E-state index is 12.2. The van der Waals surface area contributed by atoms with E-state index < -0.39 is 0 Å². The van der Waals surface area contributed by atoms with Crippen LogP contribution in [0.15, 0.2) is 52.8 Å². The number of carbonyl (C=O) groups excluding carboxylic acids is 1. The van der Waals surface area contributed by atoms with Gasteiger partial charge in [-0.25, -0.2) is 0 Å². The van der Waals surface area contributed by atoms with Crippen LogP contribution in [0.3, 0.4) is 0 Å². The number of nitrogens with zero attached hydrogens (tertiary/aromatic N) is 2. The average Bonchev–Trinajstić information content (AvgIpc) is 2.70. The Hall–Kier alpha value is -3.15. The molecular weight excluding hydrogens is 354 g/mol. The SMILES string of the molecule is CC/C(=N\OCc1c(C)cccc1/C(=N\OC)C(=O)NC)c1cccc(C)c1. The molecule has 0 saturated heterocycles. The van der Waals surface area contributed by atoms with E-state index in [1.165, 1.54) is 12.7 Å². The van der Waals surface area contributed by atoms with E-state index in [0.717, 1.165) is 28.8 Å². The average molecular weight is 381 g/mol. The Morgan fingerprint density at radius 3 is 2.50 bits per heavy atom. The van der Waals surface area contributed by atoms with E-state index in [1.54, 1.807) is 7.05 Å². The second-order valence-corrected chi connectivity index (χ2v) is 6.34. The highest BCUT2D eigenvalue weighted by atomic mass is 16.6. The van der Waals surface area contributed by atoms with E-state index in [0.29, 0.717) is 5.56 Å². The third-order valence-corrected chi connectivity index (χ3v) is 4.36. The lowest BCUT2D eigenvalue weighted by molar-refractivity contribution is -0.114. The van der Waals surface area contributed by atoms with E-state index in [1.807, 2.05) is 57.2 Å². The van der Waals surface area contributed by atoms with Crippen molar-refractivity contribution < 1.29 is 14.5 Å². The van der Waals surface area contributed by atoms with Gasteiger partial charge in [0.05, 0.1) is 5.71 Å². The van der Waals surface area contributed by atoms with Crippen molar-refractivity contribution in [3.05, 3.63) is 70.3 Å². The van der Waals surface area contributed by atoms with Gasteiger partial charge in [-0.1, -0.05) is 65.3 Å². The van der Waals surface area contributed by atoms with Gasteiger partial charge >= 0.3 is 0 Å². The molecule has 0 saturated carbocycles. The molecular formula is C22H27N3O3. The predicted octanol–water partition coefficient (Wildman–Crippen LogP) is 3.73. The van der Waals surface area contributed by atoms with Crippen molar-refractivity contribution in [3.63, 3.8) is 0 Å². The van der Waals surface area contributed by atoms with Gasteiger partial charge in [0.25, 0.3) is 5.91 Å². The summed E-state index contributed by atoms with van der Waals surface area (Å²) in [7, 11) is 2.97. The summed E-state index contributed by atoms with van der Waals surface area (Å²) in [6.45, 7) is 6.27. The highest BCUT2D eigenvalue weighted by Crippen LogP contribution is 2.18. The van der Waals surface area contributed by atoms with Crippen LogP contribution in [0.5, 0.6) is 0 Å². The molecule has 6 nitrogen and oxygen atoms in total. The molecule has 0 aliphatic heterocycles. The van der Waals surface area contributed by atoms with Crippen molar-refractivity contribution in [3.8, 4) is 0 Å². The molecule has 28 heavy (non-hydrogen) atoms. The summed E-state index contributed by atoms with van der Waals surface area (Å²) in [6.07, 6.45) is 0.749. The normalized spacial score (nSPS) is 11.9. The number of benzene rings is 2. The summed E-state index contributed by atoms with van der Waals surface area (Å²) in [5.41, 5.74) is 5.76. The van der Waals surface area contributed by atoms with Crippen LogP contribution in [-0.4, -0.2) is 31.5 Å². The van der Waals surface area contributed by atoms with E-state index in [-0.39, 0.29) is 18.2 Å². The first-order valence-electron chi connectivity index (χ1n) is 9.19. The number of hydrogen-bond donors (Lipinski definition) is 1. The van der Waals surface area contributed by atoms with Crippen LogP contribution in [0.1, 0.15) is 41.2 Å². The van der Waals surface area contributed by atoms with Crippen molar-refractivity contribution in [2.24, 2.45) is 10.3 Å². The van der Waals surface area contributed by atoms with Crippen LogP contribution in [0.25, 0.3) is 0 Å². The predicted molar refractivity (Wildman–Crippen MR) is 112 cm³/mol. The Morgan fingerprint density at radius 1 is 1.11 bits per heavy atom. The van der Waals surface area contributed by atoms with Gasteiger partial charge in [-0.15, -0.1) is 0 Å². The fourth-order valence-electron chi connectivity index (χ4n) is 2.86. The monoisotopic (exact) mass is 381 g/mol. The molecule has 0 aliphatic rings. The summed E-state index contributed by atoms with van der Waals surface area (Å²) in [4.78, 5) is 22.8. The Morgan fingerprint density at radius 2 is 1.86 bits per heavy atom. The van der Waals surface area contributed by atoms with Crippen molar-refractivity contribution in [2.75, 3.05) is 14.2 Å². The van der Waals surface area contributed by atoms with Crippen molar-refractivity contribution in [2.45, 2.75) is 33.8 Å². The topological polar surface area (TPSA) is 72.3 Å². The van der Waals surface area contributed by atoms with E-state index in [9.17, 15) is 4.79 Å². The lowest BCUT2D eigenvalue weighted by Crippen LogP contribution is -2.29. The number of aryl methyl sites for hydroxylation is 2. The summed E-state index contributed by atoms with van der Waals surface area (Å²) in [5, 5.41) is 10.8. The molecule has 1 amide bonds. The van der Waals surface area contributed by atoms with Crippen molar-refractivity contribution in [1.29, 1.82) is 0 Å². The summed E-state index contributed by atoms with van der Waals surface area (Å²) >= 11 is 0. The van der Waals surface area contributed by atoms with E-state index in [2.05, 4.69) is 21.7 Å². The molecule has 0 atom stereocenters. The van der Waals surface area contributed by atoms with Gasteiger partial charge in [-0.05, 0) is 31.4 Å². The van der Waals surface area contributed by atoms with Crippen molar-refractivity contribution in [1.82, 2.24) is 5.32 Å². The first kappa shape index (κ1) is 21.2. The number of amides is 1. The fourth-order valence-corrected chi connectivity index (χ4v) is 2.86. The largest absolute Gasteiger partial charge is 0.398 e. The first-order valence-corrected chi connectivity index (χ1v) is 9.19. The molecule has 0 heterocycles. The minimum absolute atomic E-state index is 0.200. The summed E-state index contributed by atoms with van der Waals surface area (Å²) < 4.78 is 0. The number of nitrogens with one attached hydrogen (secondary N) is 1. The van der Waals surface area contributed by atoms with Gasteiger partial charge in [-0.2, -0.15) is 0 Å². The number of oxime groups is 2. The molecule has 0 fully saturated rings. The number of carbonyl (C=O) groups is 1. The smallest absolute Gasteiger partial charge is 0.273 e. The second-order valence-electron chi connectivity index (χ2n) is 6.34. The van der Waals surface area contributed by atoms with E-state index in [4.69, 9.17) is 9.68 Å². The fraction of sp³-hybridized carbons (Fsp3) is 0.318. The van der Waals surface area contributed by atoms with Crippen LogP contribution in [-0.2, 0) is 21.1 Å². The molecule has 2 rings (SSSR count). The Balaban J connectivity index is 2.31. The summed E-state index contributed by atoms with van der Waals surface area (Å²) in [5.74, 6) is -0.328. The molecule has 148 valence electrons. The molecule has 6 heteroatoms. The molecule has 0 unspecified atom stereocenters. The molecule has 0 spiro atoms. The maximum Gasteiger partial charge on any atom is 0.273 e. The zero-order valence-electron chi connectivity index (χ0n) is 17.1. The third-order valence-electron chi connectivity index (χ3n) is 4.36. The Kier molecular flexibility index (Phi) is 7.75. The van der Waals surface area contributed by atoms with E-state index >= 15 is 0 Å². The first-order chi connectivity index (χ1) is 13.5. The molecule has 2 aromatic carbocycles. The highest BCUT2D eigenvalue weighted by Gasteiger charge is 2.19. The van der Waals surface area contributed by atoms with Gasteiger partial charge in [0.1, 0.15) is 13.7 Å². The highest BCUT2D eigenvalue weighted by molar-refractivity contribution is 6.45. The maximum absolute atomic E-state index is 12.2. The number of rotatable bonds is 8. The Labute approximate surface area is 166 Å². The molecule has 0 aromatic heterocycles. The zero-order chi connectivity index (χ0) is 20.5. The minimum Gasteiger partial charge on any atom is -0.398 e. The standard InChI is InChI=1S/C22H27N3O3/c1-6-20(17-11-7-9-15(2)13-17)24-28-14-19-16(3)10-8-12-18(19)21(25-27-5)22(26)23-4/h7-13H,6,14H2,1-5H3,(H,23,26)/b24-20+,25-21+. The summed E-state index contributed by atoms with van der Waals surface area (Å²) in [6, 6.07) is 13.8. The van der Waals surface area contributed by atoms with Crippen molar-refractivity contribution >= 4 is 17.3 Å². The van der Waals surface area contributed by atoms with Gasteiger partial charge < -0.3 is 15.0 Å². The molecule has 0 bridgehead atoms. The van der Waals surface area contributed by atoms with Gasteiger partial charge in [0.2, 0.25) is 0 Å². The lowest BCUT2D eigenvalue weighted by atomic mass is 9.98. The second kappa shape index (κ2) is 10.3. The quantitative estimate of drug-likeness (QED) is 0.559. The molecule has 1 N–H and O–H groups in total. The van der Waals surface area contributed by atoms with Crippen LogP contribution < -0.4 is 5.32 Å². The van der Waals surface area contributed by atoms with Gasteiger partial charge in [-0.3, -0.25) is 4.79 Å². The van der Waals surface area contributed by atoms with Crippen LogP contribution in [0.4, 0.5) is 0 Å². The lowest BCUT2D eigenvalue weighted by Gasteiger charge is -2.13. The number of likely N-dealkylation sites (N-methyl/N-ethyl adjacent to an activating group) is 1. The van der Waals surface area contributed by atoms with Crippen LogP contribution in [0, 0.1) is 13.8 Å². The molecule has 2 aromatic rings. The molecule has 0 radical (unpaired) electrons. The van der Waals surface area contributed by atoms with Crippen LogP contribution in [0.2, 0.25) is 0 Å². The number of hydrogen-bond acceptors (Lipinski definition) is 5. The minimum atomic E-state index is -0.328. The Bertz CT molecular complexity index is 888. The van der Waals surface area contributed by atoms with Gasteiger partial charge in [0.15, 0.2) is 5.71 Å². The third kappa shape index (κ3) is 5.19. The van der Waals surface area contributed by atoms with Gasteiger partial charge in [0, 0.05) is 18.2 Å².